The minimum Gasteiger partial charge on any atom is -0.350 e. The fourth-order valence-electron chi connectivity index (χ4n) is 3.89. The molecule has 1 fully saturated rings. The molecule has 3 aromatic rings. The molecule has 0 saturated carbocycles. The third-order valence-corrected chi connectivity index (χ3v) is 6.45. The summed E-state index contributed by atoms with van der Waals surface area (Å²) >= 11 is 1.33. The molecule has 1 aromatic carbocycles. The maximum Gasteiger partial charge on any atom is 0.263 e. The fourth-order valence-corrected chi connectivity index (χ4v) is 4.65. The largest absolute Gasteiger partial charge is 0.350 e. The van der Waals surface area contributed by atoms with Crippen LogP contribution in [0.15, 0.2) is 66.3 Å². The zero-order chi connectivity index (χ0) is 21.5. The predicted octanol–water partition coefficient (Wildman–Crippen LogP) is 4.18. The summed E-state index contributed by atoms with van der Waals surface area (Å²) in [6, 6.07) is 15.8. The van der Waals surface area contributed by atoms with Gasteiger partial charge >= 0.3 is 0 Å². The lowest BCUT2D eigenvalue weighted by Gasteiger charge is -2.35. The third kappa shape index (κ3) is 5.57. The van der Waals surface area contributed by atoms with E-state index in [1.165, 1.54) is 29.7 Å². The summed E-state index contributed by atoms with van der Waals surface area (Å²) in [7, 11) is 0. The van der Waals surface area contributed by atoms with Crippen molar-refractivity contribution in [2.24, 2.45) is 0 Å². The summed E-state index contributed by atoms with van der Waals surface area (Å²) in [5, 5.41) is 7.75. The van der Waals surface area contributed by atoms with Crippen molar-refractivity contribution in [2.75, 3.05) is 18.4 Å². The molecule has 2 N–H and O–H groups in total. The predicted molar refractivity (Wildman–Crippen MR) is 123 cm³/mol. The number of piperidine rings is 1. The number of benzene rings is 1. The van der Waals surface area contributed by atoms with E-state index in [0.717, 1.165) is 19.5 Å². The van der Waals surface area contributed by atoms with E-state index < -0.39 is 0 Å². The van der Waals surface area contributed by atoms with E-state index in [-0.39, 0.29) is 11.8 Å². The molecule has 6 nitrogen and oxygen atoms in total. The van der Waals surface area contributed by atoms with Gasteiger partial charge in [0.2, 0.25) is 0 Å². The molecule has 0 radical (unpaired) electrons. The maximum atomic E-state index is 12.9. The Morgan fingerprint density at radius 2 is 1.84 bits per heavy atom. The van der Waals surface area contributed by atoms with Crippen molar-refractivity contribution in [3.05, 3.63) is 82.3 Å². The zero-order valence-electron chi connectivity index (χ0n) is 17.3. The number of hydrogen-bond donors (Lipinski definition) is 2. The summed E-state index contributed by atoms with van der Waals surface area (Å²) < 4.78 is 0. The molecule has 1 unspecified atom stereocenters. The van der Waals surface area contributed by atoms with Crippen LogP contribution in [0.5, 0.6) is 0 Å². The zero-order valence-corrected chi connectivity index (χ0v) is 18.1. The standard InChI is InChI=1S/C24H26N4O2S/c29-23(19-9-12-25-13-10-19)27-21-11-15-31-22(21)24(30)26-16-20-8-4-5-14-28(20)17-18-6-2-1-3-7-18/h1-3,6-7,9-13,15,20H,4-5,8,14,16-17H2,(H,26,30)(H,27,29). The molecule has 160 valence electrons. The van der Waals surface area contributed by atoms with Gasteiger partial charge in [-0.3, -0.25) is 19.5 Å². The number of rotatable bonds is 7. The number of aromatic nitrogens is 1. The van der Waals surface area contributed by atoms with Gasteiger partial charge in [-0.25, -0.2) is 0 Å². The lowest BCUT2D eigenvalue weighted by Crippen LogP contribution is -2.46. The van der Waals surface area contributed by atoms with E-state index >= 15 is 0 Å². The molecule has 1 saturated heterocycles. The van der Waals surface area contributed by atoms with Gasteiger partial charge in [0.05, 0.1) is 5.69 Å². The second-order valence-corrected chi connectivity index (χ2v) is 8.59. The maximum absolute atomic E-state index is 12.9. The van der Waals surface area contributed by atoms with Crippen LogP contribution in [-0.2, 0) is 6.54 Å². The number of pyridine rings is 1. The van der Waals surface area contributed by atoms with Gasteiger partial charge in [-0.05, 0) is 48.5 Å². The molecule has 0 bridgehead atoms. The topological polar surface area (TPSA) is 74.3 Å². The second kappa shape index (κ2) is 10.3. The van der Waals surface area contributed by atoms with E-state index in [1.54, 1.807) is 30.6 Å². The fraction of sp³-hybridized carbons (Fsp3) is 0.292. The number of amides is 2. The van der Waals surface area contributed by atoms with Gasteiger partial charge in [-0.1, -0.05) is 36.8 Å². The summed E-state index contributed by atoms with van der Waals surface area (Å²) in [5.41, 5.74) is 2.33. The first-order valence-corrected chi connectivity index (χ1v) is 11.4. The first-order valence-electron chi connectivity index (χ1n) is 10.6. The number of likely N-dealkylation sites (tertiary alicyclic amines) is 1. The Bertz CT molecular complexity index is 1010. The Kier molecular flexibility index (Phi) is 7.07. The van der Waals surface area contributed by atoms with Crippen LogP contribution < -0.4 is 10.6 Å². The van der Waals surface area contributed by atoms with Gasteiger partial charge in [-0.15, -0.1) is 11.3 Å². The molecule has 4 rings (SSSR count). The Hall–Kier alpha value is -3.03. The molecule has 7 heteroatoms. The van der Waals surface area contributed by atoms with Crippen molar-refractivity contribution < 1.29 is 9.59 Å². The van der Waals surface area contributed by atoms with Crippen LogP contribution in [-0.4, -0.2) is 40.8 Å². The van der Waals surface area contributed by atoms with E-state index in [0.29, 0.717) is 28.7 Å². The molecule has 3 heterocycles. The van der Waals surface area contributed by atoms with Crippen LogP contribution in [0, 0.1) is 0 Å². The van der Waals surface area contributed by atoms with Gasteiger partial charge in [0.25, 0.3) is 11.8 Å². The number of nitrogens with one attached hydrogen (secondary N) is 2. The first kappa shape index (κ1) is 21.2. The molecule has 0 spiro atoms. The highest BCUT2D eigenvalue weighted by atomic mass is 32.1. The van der Waals surface area contributed by atoms with Crippen LogP contribution in [0.1, 0.15) is 44.9 Å². The van der Waals surface area contributed by atoms with Crippen LogP contribution in [0.3, 0.4) is 0 Å². The monoisotopic (exact) mass is 434 g/mol. The van der Waals surface area contributed by atoms with Gasteiger partial charge in [0, 0.05) is 37.1 Å². The first-order chi connectivity index (χ1) is 15.2. The van der Waals surface area contributed by atoms with E-state index in [9.17, 15) is 9.59 Å². The number of hydrogen-bond acceptors (Lipinski definition) is 5. The summed E-state index contributed by atoms with van der Waals surface area (Å²) in [4.78, 5) is 32.2. The number of thiophene rings is 1. The summed E-state index contributed by atoms with van der Waals surface area (Å²) in [6.45, 7) is 2.54. The average molecular weight is 435 g/mol. The Labute approximate surface area is 186 Å². The van der Waals surface area contributed by atoms with Crippen molar-refractivity contribution in [3.63, 3.8) is 0 Å². The number of carbonyl (C=O) groups is 2. The van der Waals surface area contributed by atoms with Crippen molar-refractivity contribution in [3.8, 4) is 0 Å². The highest BCUT2D eigenvalue weighted by molar-refractivity contribution is 7.12. The van der Waals surface area contributed by atoms with Gasteiger partial charge < -0.3 is 10.6 Å². The lowest BCUT2D eigenvalue weighted by molar-refractivity contribution is 0.0912. The van der Waals surface area contributed by atoms with Crippen molar-refractivity contribution in [1.29, 1.82) is 0 Å². The number of anilines is 1. The quantitative estimate of drug-likeness (QED) is 0.585. The van der Waals surface area contributed by atoms with E-state index in [2.05, 4.69) is 44.8 Å². The number of nitrogens with zero attached hydrogens (tertiary/aromatic N) is 2. The third-order valence-electron chi connectivity index (χ3n) is 5.54. The van der Waals surface area contributed by atoms with E-state index in [1.807, 2.05) is 11.4 Å². The van der Waals surface area contributed by atoms with Crippen molar-refractivity contribution in [1.82, 2.24) is 15.2 Å². The van der Waals surface area contributed by atoms with Crippen molar-refractivity contribution >= 4 is 28.8 Å². The molecule has 1 aliphatic rings. The summed E-state index contributed by atoms with van der Waals surface area (Å²) in [5.74, 6) is -0.401. The van der Waals surface area contributed by atoms with Gasteiger partial charge in [0.15, 0.2) is 0 Å². The van der Waals surface area contributed by atoms with E-state index in [4.69, 9.17) is 0 Å². The Morgan fingerprint density at radius 1 is 1.03 bits per heavy atom. The minimum atomic E-state index is -0.254. The molecule has 1 atom stereocenters. The molecular formula is C24H26N4O2S. The second-order valence-electron chi connectivity index (χ2n) is 7.67. The smallest absolute Gasteiger partial charge is 0.263 e. The highest BCUT2D eigenvalue weighted by Crippen LogP contribution is 2.24. The van der Waals surface area contributed by atoms with Crippen LogP contribution in [0.25, 0.3) is 0 Å². The Balaban J connectivity index is 1.36. The van der Waals surface area contributed by atoms with Gasteiger partial charge in [0.1, 0.15) is 4.88 Å². The average Bonchev–Trinajstić information content (AvgIpc) is 3.28. The highest BCUT2D eigenvalue weighted by Gasteiger charge is 2.24. The van der Waals surface area contributed by atoms with Crippen LogP contribution >= 0.6 is 11.3 Å². The molecule has 1 aliphatic heterocycles. The molecule has 2 amide bonds. The number of carbonyl (C=O) groups excluding carboxylic acids is 2. The molecule has 2 aromatic heterocycles. The molecule has 31 heavy (non-hydrogen) atoms. The lowest BCUT2D eigenvalue weighted by atomic mass is 10.0. The SMILES string of the molecule is O=C(Nc1ccsc1C(=O)NCC1CCCCN1Cc1ccccc1)c1ccncc1. The normalized spacial score (nSPS) is 16.6. The van der Waals surface area contributed by atoms with Crippen LogP contribution in [0.2, 0.25) is 0 Å². The molecular weight excluding hydrogens is 408 g/mol. The summed E-state index contributed by atoms with van der Waals surface area (Å²) in [6.07, 6.45) is 6.58. The minimum absolute atomic E-state index is 0.148. The van der Waals surface area contributed by atoms with Crippen molar-refractivity contribution in [2.45, 2.75) is 31.8 Å². The van der Waals surface area contributed by atoms with Crippen LogP contribution in [0.4, 0.5) is 5.69 Å². The van der Waals surface area contributed by atoms with Gasteiger partial charge in [-0.2, -0.15) is 0 Å². The molecule has 0 aliphatic carbocycles. The Morgan fingerprint density at radius 3 is 2.65 bits per heavy atom.